The molecule has 44 heavy (non-hydrogen) atoms. The van der Waals surface area contributed by atoms with Crippen molar-refractivity contribution < 1.29 is 17.8 Å². The highest BCUT2D eigenvalue weighted by Crippen LogP contribution is 2.51. The molecule has 1 aliphatic rings. The Balaban J connectivity index is 2.07. The average Bonchev–Trinajstić information content (AvgIpc) is 2.88. The zero-order valence-corrected chi connectivity index (χ0v) is 34.3. The first kappa shape index (κ1) is 37.7. The molecule has 0 bridgehead atoms. The van der Waals surface area contributed by atoms with Crippen molar-refractivity contribution in [3.8, 4) is 0 Å². The van der Waals surface area contributed by atoms with E-state index in [4.69, 9.17) is 13.3 Å². The molecule has 248 valence electrons. The summed E-state index contributed by atoms with van der Waals surface area (Å²) in [5.41, 5.74) is -0.547. The second kappa shape index (κ2) is 13.4. The molecular weight excluding hydrogens is 612 g/mol. The Bertz CT molecular complexity index is 1180. The molecule has 1 fully saturated rings. The van der Waals surface area contributed by atoms with Gasteiger partial charge in [-0.3, -0.25) is 0 Å². The standard InChI is InChI=1S/C36H63O4PSi3/c1-34(2,3)43(11,12)38-32-27-29(25-26-41(37,30-21-17-15-18-22-30)31-23-19-16-20-24-31)28-33(36(32,7)40-42(8,9)10)39-44(13,14)35(4,5)6/h15-24,29,32-33H,25-28H2,1-14H3/t29?,32-,33+,36?. The summed E-state index contributed by atoms with van der Waals surface area (Å²) in [4.78, 5) is 0. The Morgan fingerprint density at radius 3 is 1.39 bits per heavy atom. The lowest BCUT2D eigenvalue weighted by atomic mass is 9.74. The first-order chi connectivity index (χ1) is 19.9. The van der Waals surface area contributed by atoms with E-state index in [0.717, 1.165) is 29.9 Å². The maximum atomic E-state index is 15.0. The van der Waals surface area contributed by atoms with Crippen LogP contribution in [0.2, 0.25) is 55.9 Å². The summed E-state index contributed by atoms with van der Waals surface area (Å²) in [7, 11) is -9.07. The van der Waals surface area contributed by atoms with Crippen LogP contribution in [0.1, 0.15) is 67.7 Å². The fourth-order valence-corrected chi connectivity index (χ4v) is 13.1. The van der Waals surface area contributed by atoms with Gasteiger partial charge in [0.15, 0.2) is 25.0 Å². The van der Waals surface area contributed by atoms with Crippen molar-refractivity contribution in [3.05, 3.63) is 60.7 Å². The molecule has 3 rings (SSSR count). The molecule has 0 aromatic heterocycles. The summed E-state index contributed by atoms with van der Waals surface area (Å²) < 4.78 is 36.9. The Kier molecular flexibility index (Phi) is 11.4. The van der Waals surface area contributed by atoms with Gasteiger partial charge in [-0.2, -0.15) is 0 Å². The molecular formula is C36H63O4PSi3. The molecule has 0 amide bonds. The molecule has 0 saturated heterocycles. The highest BCUT2D eigenvalue weighted by atomic mass is 31.2. The van der Waals surface area contributed by atoms with Gasteiger partial charge in [0.2, 0.25) is 0 Å². The van der Waals surface area contributed by atoms with E-state index in [0.29, 0.717) is 12.1 Å². The molecule has 0 radical (unpaired) electrons. The summed E-state index contributed by atoms with van der Waals surface area (Å²) in [6.45, 7) is 32.5. The van der Waals surface area contributed by atoms with Crippen LogP contribution in [0.4, 0.5) is 0 Å². The van der Waals surface area contributed by atoms with Crippen LogP contribution in [-0.4, -0.2) is 48.9 Å². The molecule has 2 aromatic rings. The summed E-state index contributed by atoms with van der Waals surface area (Å²) >= 11 is 0. The molecule has 1 aliphatic carbocycles. The van der Waals surface area contributed by atoms with Crippen LogP contribution in [0, 0.1) is 5.92 Å². The summed E-state index contributed by atoms with van der Waals surface area (Å²) in [5.74, 6) is 0.318. The van der Waals surface area contributed by atoms with Crippen LogP contribution in [0.25, 0.3) is 0 Å². The van der Waals surface area contributed by atoms with Crippen molar-refractivity contribution in [2.45, 2.75) is 141 Å². The van der Waals surface area contributed by atoms with Crippen LogP contribution in [0.3, 0.4) is 0 Å². The van der Waals surface area contributed by atoms with E-state index in [-0.39, 0.29) is 22.3 Å². The fourth-order valence-electron chi connectivity index (χ4n) is 5.91. The first-order valence-corrected chi connectivity index (χ1v) is 27.8. The third kappa shape index (κ3) is 8.76. The van der Waals surface area contributed by atoms with Gasteiger partial charge in [-0.15, -0.1) is 0 Å². The zero-order valence-electron chi connectivity index (χ0n) is 30.4. The lowest BCUT2D eigenvalue weighted by Gasteiger charge is -2.56. The fraction of sp³-hybridized carbons (Fsp3) is 0.667. The van der Waals surface area contributed by atoms with E-state index < -0.39 is 37.7 Å². The molecule has 2 aromatic carbocycles. The maximum Gasteiger partial charge on any atom is 0.192 e. The van der Waals surface area contributed by atoms with Gasteiger partial charge >= 0.3 is 0 Å². The third-order valence-electron chi connectivity index (χ3n) is 10.6. The van der Waals surface area contributed by atoms with E-state index in [9.17, 15) is 4.57 Å². The van der Waals surface area contributed by atoms with Gasteiger partial charge in [0.1, 0.15) is 12.7 Å². The second-order valence-electron chi connectivity index (χ2n) is 17.4. The Labute approximate surface area is 273 Å². The Morgan fingerprint density at radius 1 is 0.705 bits per heavy atom. The van der Waals surface area contributed by atoms with Gasteiger partial charge in [0.05, 0.1) is 12.2 Å². The number of hydrogen-bond acceptors (Lipinski definition) is 4. The number of benzene rings is 2. The molecule has 8 heteroatoms. The number of hydrogen-bond donors (Lipinski definition) is 0. The van der Waals surface area contributed by atoms with Crippen molar-refractivity contribution in [2.24, 2.45) is 5.92 Å². The minimum Gasteiger partial charge on any atom is -0.411 e. The average molecular weight is 675 g/mol. The Hall–Kier alpha value is -0.799. The smallest absolute Gasteiger partial charge is 0.192 e. The lowest BCUT2D eigenvalue weighted by Crippen LogP contribution is -2.66. The van der Waals surface area contributed by atoms with Crippen molar-refractivity contribution in [3.63, 3.8) is 0 Å². The highest BCUT2D eigenvalue weighted by Gasteiger charge is 2.56. The molecule has 4 atom stereocenters. The van der Waals surface area contributed by atoms with Crippen LogP contribution in [-0.2, 0) is 17.8 Å². The molecule has 1 saturated carbocycles. The maximum absolute atomic E-state index is 15.0. The van der Waals surface area contributed by atoms with Crippen LogP contribution >= 0.6 is 7.14 Å². The zero-order chi connectivity index (χ0) is 33.4. The molecule has 4 nitrogen and oxygen atoms in total. The van der Waals surface area contributed by atoms with E-state index in [1.165, 1.54) is 0 Å². The molecule has 2 unspecified atom stereocenters. The predicted molar refractivity (Wildman–Crippen MR) is 199 cm³/mol. The molecule has 0 N–H and O–H groups in total. The van der Waals surface area contributed by atoms with Crippen LogP contribution in [0.15, 0.2) is 60.7 Å². The van der Waals surface area contributed by atoms with Gasteiger partial charge in [0, 0.05) is 16.8 Å². The second-order valence-corrected chi connectivity index (χ2v) is 34.3. The summed E-state index contributed by atoms with van der Waals surface area (Å²) in [6.07, 6.45) is 3.12. The van der Waals surface area contributed by atoms with Gasteiger partial charge in [-0.1, -0.05) is 102 Å². The largest absolute Gasteiger partial charge is 0.411 e. The predicted octanol–water partition coefficient (Wildman–Crippen LogP) is 10.2. The quantitative estimate of drug-likeness (QED) is 0.176. The van der Waals surface area contributed by atoms with E-state index in [1.54, 1.807) is 0 Å². The molecule has 0 spiro atoms. The van der Waals surface area contributed by atoms with Crippen LogP contribution < -0.4 is 10.6 Å². The van der Waals surface area contributed by atoms with Gasteiger partial charge in [-0.05, 0) is 88.0 Å². The van der Waals surface area contributed by atoms with E-state index >= 15 is 0 Å². The van der Waals surface area contributed by atoms with Crippen LogP contribution in [0.5, 0.6) is 0 Å². The Morgan fingerprint density at radius 2 is 1.07 bits per heavy atom. The van der Waals surface area contributed by atoms with E-state index in [2.05, 4.69) is 94.3 Å². The minimum absolute atomic E-state index is 0.0755. The topological polar surface area (TPSA) is 44.8 Å². The van der Waals surface area contributed by atoms with Crippen molar-refractivity contribution in [2.75, 3.05) is 6.16 Å². The summed E-state index contributed by atoms with van der Waals surface area (Å²) in [6, 6.07) is 20.2. The van der Waals surface area contributed by atoms with E-state index in [1.807, 2.05) is 60.7 Å². The molecule has 0 heterocycles. The minimum atomic E-state index is -2.82. The first-order valence-electron chi connectivity index (χ1n) is 16.7. The monoisotopic (exact) mass is 674 g/mol. The van der Waals surface area contributed by atoms with Gasteiger partial charge < -0.3 is 17.8 Å². The van der Waals surface area contributed by atoms with Gasteiger partial charge in [0.25, 0.3) is 0 Å². The van der Waals surface area contributed by atoms with Gasteiger partial charge in [-0.25, -0.2) is 0 Å². The normalized spacial score (nSPS) is 24.4. The molecule has 0 aliphatic heterocycles. The lowest BCUT2D eigenvalue weighted by molar-refractivity contribution is -0.146. The summed E-state index contributed by atoms with van der Waals surface area (Å²) in [5, 5.41) is 2.03. The van der Waals surface area contributed by atoms with Crippen molar-refractivity contribution >= 4 is 42.7 Å². The third-order valence-corrected chi connectivity index (χ3v) is 23.8. The highest BCUT2D eigenvalue weighted by molar-refractivity contribution is 7.78. The number of rotatable bonds is 11. The SMILES string of the molecule is CC1(O[Si](C)(C)C)[C@@H](O[Si](C)(C)C(C)(C)C)CC(CCP(=O)(c2ccccc2)c2ccccc2)C[C@H]1O[Si](C)(C)C(C)(C)C. The van der Waals surface area contributed by atoms with Crippen molar-refractivity contribution in [1.29, 1.82) is 0 Å². The van der Waals surface area contributed by atoms with Crippen molar-refractivity contribution in [1.82, 2.24) is 0 Å².